The highest BCUT2D eigenvalue weighted by molar-refractivity contribution is 6.28. The van der Waals surface area contributed by atoms with Gasteiger partial charge in [0.1, 0.15) is 0 Å². The van der Waals surface area contributed by atoms with Crippen molar-refractivity contribution in [3.63, 3.8) is 0 Å². The number of pyridine rings is 1. The molecule has 0 fully saturated rings. The highest BCUT2D eigenvalue weighted by atomic mass is 15.0. The van der Waals surface area contributed by atoms with Gasteiger partial charge < -0.3 is 4.57 Å². The minimum absolute atomic E-state index is 0.616. The minimum atomic E-state index is 0.616. The van der Waals surface area contributed by atoms with E-state index in [1.807, 2.05) is 60.7 Å². The molecule has 0 radical (unpaired) electrons. The third-order valence-corrected chi connectivity index (χ3v) is 11.8. The van der Waals surface area contributed by atoms with Crippen LogP contribution in [0.1, 0.15) is 0 Å². The molecule has 3 aromatic heterocycles. The average Bonchev–Trinajstić information content (AvgIpc) is 3.69. The largest absolute Gasteiger partial charge is 0.308 e. The lowest BCUT2D eigenvalue weighted by molar-refractivity contribution is 1.07. The molecule has 0 aliphatic rings. The van der Waals surface area contributed by atoms with Crippen LogP contribution in [0.2, 0.25) is 0 Å². The van der Waals surface area contributed by atoms with Crippen LogP contribution in [-0.2, 0) is 0 Å². The van der Waals surface area contributed by atoms with Gasteiger partial charge in [0.25, 0.3) is 0 Å². The Morgan fingerprint density at radius 1 is 0.295 bits per heavy atom. The Morgan fingerprint density at radius 3 is 1.56 bits per heavy atom. The molecule has 0 unspecified atom stereocenters. The van der Waals surface area contributed by atoms with Crippen LogP contribution in [0.3, 0.4) is 0 Å². The van der Waals surface area contributed by atoms with Gasteiger partial charge >= 0.3 is 0 Å². The van der Waals surface area contributed by atoms with Gasteiger partial charge in [-0.2, -0.15) is 0 Å². The van der Waals surface area contributed by atoms with Crippen LogP contribution in [0, 0.1) is 0 Å². The molecule has 5 nitrogen and oxygen atoms in total. The Balaban J connectivity index is 1.19. The van der Waals surface area contributed by atoms with Gasteiger partial charge in [-0.15, -0.1) is 0 Å². The number of benzene rings is 9. The van der Waals surface area contributed by atoms with Crippen molar-refractivity contribution in [1.29, 1.82) is 0 Å². The topological polar surface area (TPSA) is 56.5 Å². The van der Waals surface area contributed by atoms with Crippen LogP contribution in [0.5, 0.6) is 0 Å². The lowest BCUT2D eigenvalue weighted by Crippen LogP contribution is -2.01. The van der Waals surface area contributed by atoms with Gasteiger partial charge in [-0.05, 0) is 34.5 Å². The predicted octanol–water partition coefficient (Wildman–Crippen LogP) is 14.2. The van der Waals surface area contributed by atoms with Gasteiger partial charge in [-0.1, -0.05) is 194 Å². The van der Waals surface area contributed by atoms with Gasteiger partial charge in [0.15, 0.2) is 17.5 Å². The molecule has 0 N–H and O–H groups in total. The molecular weight excluding hydrogens is 743 g/mol. The second kappa shape index (κ2) is 14.2. The van der Waals surface area contributed by atoms with Crippen LogP contribution in [-0.4, -0.2) is 24.5 Å². The van der Waals surface area contributed by atoms with Gasteiger partial charge in [0, 0.05) is 60.4 Å². The molecule has 0 spiro atoms. The summed E-state index contributed by atoms with van der Waals surface area (Å²) in [6.45, 7) is 0. The summed E-state index contributed by atoms with van der Waals surface area (Å²) < 4.78 is 2.47. The maximum absolute atomic E-state index is 5.43. The van der Waals surface area contributed by atoms with E-state index in [4.69, 9.17) is 19.9 Å². The first-order chi connectivity index (χ1) is 30.3. The van der Waals surface area contributed by atoms with Crippen LogP contribution in [0.25, 0.3) is 116 Å². The number of fused-ring (bicyclic) bond motifs is 8. The second-order valence-corrected chi connectivity index (χ2v) is 15.3. The van der Waals surface area contributed by atoms with Gasteiger partial charge in [-0.25, -0.2) is 19.9 Å². The molecule has 0 atom stereocenters. The number of aromatic nitrogens is 5. The normalized spacial score (nSPS) is 11.6. The van der Waals surface area contributed by atoms with Crippen LogP contribution >= 0.6 is 0 Å². The molecule has 61 heavy (non-hydrogen) atoms. The minimum Gasteiger partial charge on any atom is -0.308 e. The van der Waals surface area contributed by atoms with E-state index in [1.54, 1.807) is 0 Å². The van der Waals surface area contributed by atoms with Crippen LogP contribution in [0.4, 0.5) is 0 Å². The Morgan fingerprint density at radius 2 is 0.803 bits per heavy atom. The first kappa shape index (κ1) is 34.7. The van der Waals surface area contributed by atoms with E-state index < -0.39 is 0 Å². The molecule has 3 heterocycles. The van der Waals surface area contributed by atoms with Crippen LogP contribution < -0.4 is 0 Å². The number of hydrogen-bond donors (Lipinski definition) is 0. The maximum atomic E-state index is 5.43. The third-order valence-electron chi connectivity index (χ3n) is 11.8. The number of nitrogens with zero attached hydrogens (tertiary/aromatic N) is 5. The molecule has 284 valence electrons. The molecule has 12 rings (SSSR count). The van der Waals surface area contributed by atoms with Gasteiger partial charge in [0.2, 0.25) is 0 Å². The maximum Gasteiger partial charge on any atom is 0.164 e. The van der Waals surface area contributed by atoms with Crippen molar-refractivity contribution in [1.82, 2.24) is 24.5 Å². The Bertz CT molecular complexity index is 3570. The first-order valence-electron chi connectivity index (χ1n) is 20.6. The van der Waals surface area contributed by atoms with E-state index in [9.17, 15) is 0 Å². The molecule has 0 saturated carbocycles. The molecule has 5 heteroatoms. The van der Waals surface area contributed by atoms with Crippen molar-refractivity contribution in [3.05, 3.63) is 212 Å². The standard InChI is InChI=1S/C56H35N5/c1-4-19-37(20-5-1)54-58-55(38-21-6-2-7-22-38)60-56(59-54)46-28-13-12-27-41(46)43-31-17-32-44-45-34-35-48-50(53(45)61(52(43)44)39-24-8-3-9-25-39)47-29-14-15-33-49(47)57-51(48)42-30-16-23-36-18-10-11-26-40(36)42/h1-35H. The number of para-hydroxylation sites is 3. The number of rotatable bonds is 6. The summed E-state index contributed by atoms with van der Waals surface area (Å²) in [4.78, 5) is 20.8. The fourth-order valence-electron chi connectivity index (χ4n) is 9.12. The zero-order valence-electron chi connectivity index (χ0n) is 32.9. The van der Waals surface area contributed by atoms with Crippen LogP contribution in [0.15, 0.2) is 212 Å². The van der Waals surface area contributed by atoms with Crippen molar-refractivity contribution in [3.8, 4) is 62.2 Å². The fourth-order valence-corrected chi connectivity index (χ4v) is 9.12. The van der Waals surface area contributed by atoms with Crippen molar-refractivity contribution < 1.29 is 0 Å². The van der Waals surface area contributed by atoms with E-state index in [-0.39, 0.29) is 0 Å². The van der Waals surface area contributed by atoms with Crippen molar-refractivity contribution >= 4 is 54.3 Å². The Kier molecular flexibility index (Phi) is 8.10. The Labute approximate surface area is 351 Å². The second-order valence-electron chi connectivity index (χ2n) is 15.3. The van der Waals surface area contributed by atoms with E-state index in [0.717, 1.165) is 77.5 Å². The highest BCUT2D eigenvalue weighted by Gasteiger charge is 2.24. The summed E-state index contributed by atoms with van der Waals surface area (Å²) in [5.74, 6) is 1.87. The van der Waals surface area contributed by atoms with E-state index in [2.05, 4.69) is 156 Å². The average molecular weight is 778 g/mol. The summed E-state index contributed by atoms with van der Waals surface area (Å²) in [7, 11) is 0. The lowest BCUT2D eigenvalue weighted by Gasteiger charge is -2.17. The van der Waals surface area contributed by atoms with Crippen molar-refractivity contribution in [2.75, 3.05) is 0 Å². The van der Waals surface area contributed by atoms with E-state index >= 15 is 0 Å². The molecule has 0 amide bonds. The zero-order valence-corrected chi connectivity index (χ0v) is 32.9. The van der Waals surface area contributed by atoms with Crippen molar-refractivity contribution in [2.45, 2.75) is 0 Å². The van der Waals surface area contributed by atoms with Gasteiger partial charge in [0.05, 0.1) is 22.2 Å². The third kappa shape index (κ3) is 5.70. The molecule has 0 bridgehead atoms. The molecule has 0 aliphatic carbocycles. The predicted molar refractivity (Wildman–Crippen MR) is 252 cm³/mol. The van der Waals surface area contributed by atoms with E-state index in [0.29, 0.717) is 17.5 Å². The summed E-state index contributed by atoms with van der Waals surface area (Å²) in [6, 6.07) is 74.5. The SMILES string of the molecule is c1ccc(-c2nc(-c3ccccc3)nc(-c3ccccc3-c3cccc4c5ccc6c(-c7cccc8ccccc78)nc7ccccc7c6c5n(-c5ccccc5)c34)n2)cc1. The highest BCUT2D eigenvalue weighted by Crippen LogP contribution is 2.46. The quantitative estimate of drug-likeness (QED) is 0.158. The molecular formula is C56H35N5. The lowest BCUT2D eigenvalue weighted by atomic mass is 9.94. The van der Waals surface area contributed by atoms with Gasteiger partial charge in [-0.3, -0.25) is 0 Å². The summed E-state index contributed by atoms with van der Waals surface area (Å²) >= 11 is 0. The van der Waals surface area contributed by atoms with E-state index in [1.165, 1.54) is 21.5 Å². The molecule has 0 aliphatic heterocycles. The summed E-state index contributed by atoms with van der Waals surface area (Å²) in [5.41, 5.74) is 11.3. The smallest absolute Gasteiger partial charge is 0.164 e. The first-order valence-corrected chi connectivity index (χ1v) is 20.6. The summed E-state index contributed by atoms with van der Waals surface area (Å²) in [5, 5.41) is 8.09. The molecule has 12 aromatic rings. The zero-order chi connectivity index (χ0) is 40.3. The molecule has 9 aromatic carbocycles. The Hall–Kier alpha value is -8.28. The monoisotopic (exact) mass is 777 g/mol. The van der Waals surface area contributed by atoms with Crippen molar-refractivity contribution in [2.24, 2.45) is 0 Å². The fraction of sp³-hybridized carbons (Fsp3) is 0. The molecule has 0 saturated heterocycles. The summed E-state index contributed by atoms with van der Waals surface area (Å²) in [6.07, 6.45) is 0. The number of hydrogen-bond acceptors (Lipinski definition) is 4.